The first-order valence-electron chi connectivity index (χ1n) is 9.58. The number of dihydropyridines is 1. The van der Waals surface area contributed by atoms with Crippen LogP contribution in [-0.4, -0.2) is 43.4 Å². The molecule has 1 aliphatic heterocycles. The number of para-hydroxylation sites is 1. The van der Waals surface area contributed by atoms with Crippen molar-refractivity contribution in [2.45, 2.75) is 39.9 Å². The molecular formula is C21H30N2O7. The molecule has 1 heterocycles. The highest BCUT2D eigenvalue weighted by Gasteiger charge is 2.39. The van der Waals surface area contributed by atoms with Gasteiger partial charge >= 0.3 is 5.97 Å². The lowest BCUT2D eigenvalue weighted by molar-refractivity contribution is -0.327. The lowest BCUT2D eigenvalue weighted by atomic mass is 9.79. The summed E-state index contributed by atoms with van der Waals surface area (Å²) in [5, 5.41) is 24.7. The molecule has 9 heteroatoms. The van der Waals surface area contributed by atoms with E-state index in [1.165, 1.54) is 14.2 Å². The van der Waals surface area contributed by atoms with Gasteiger partial charge in [0.1, 0.15) is 5.69 Å². The first-order valence-corrected chi connectivity index (χ1v) is 9.58. The van der Waals surface area contributed by atoms with Crippen LogP contribution in [0.3, 0.4) is 0 Å². The van der Waals surface area contributed by atoms with Gasteiger partial charge in [-0.25, -0.2) is 9.68 Å². The van der Waals surface area contributed by atoms with Crippen molar-refractivity contribution >= 4 is 11.7 Å². The van der Waals surface area contributed by atoms with Gasteiger partial charge < -0.3 is 19.9 Å². The number of hydrogen-bond donors (Lipinski definition) is 3. The molecule has 2 unspecified atom stereocenters. The number of hydrogen-bond acceptors (Lipinski definition) is 9. The molecule has 1 aromatic rings. The summed E-state index contributed by atoms with van der Waals surface area (Å²) in [6, 6.07) is 6.75. The van der Waals surface area contributed by atoms with Crippen molar-refractivity contribution in [3.05, 3.63) is 52.4 Å². The number of methoxy groups -OCH3 is 1. The molecule has 30 heavy (non-hydrogen) atoms. The fourth-order valence-corrected chi connectivity index (χ4v) is 3.43. The van der Waals surface area contributed by atoms with Gasteiger partial charge in [-0.05, 0) is 31.4 Å². The molecule has 0 spiro atoms. The van der Waals surface area contributed by atoms with E-state index in [4.69, 9.17) is 14.5 Å². The van der Waals surface area contributed by atoms with Crippen LogP contribution in [-0.2, 0) is 24.1 Å². The number of carbonyl (C=O) groups excluding carboxylic acids is 1. The zero-order valence-electron chi connectivity index (χ0n) is 18.1. The van der Waals surface area contributed by atoms with Crippen molar-refractivity contribution in [2.24, 2.45) is 5.92 Å². The fourth-order valence-electron chi connectivity index (χ4n) is 3.43. The number of aliphatic hydroxyl groups is 1. The lowest BCUT2D eigenvalue weighted by Crippen LogP contribution is -2.35. The second-order valence-electron chi connectivity index (χ2n) is 7.32. The van der Waals surface area contributed by atoms with E-state index < -0.39 is 18.2 Å². The van der Waals surface area contributed by atoms with Crippen LogP contribution >= 0.6 is 0 Å². The lowest BCUT2D eigenvalue weighted by Gasteiger charge is -2.35. The Bertz CT molecular complexity index is 819. The summed E-state index contributed by atoms with van der Waals surface area (Å²) < 4.78 is 10.7. The van der Waals surface area contributed by atoms with Gasteiger partial charge in [-0.3, -0.25) is 5.21 Å². The van der Waals surface area contributed by atoms with Crippen LogP contribution in [0.15, 0.2) is 46.8 Å². The second-order valence-corrected chi connectivity index (χ2v) is 7.32. The van der Waals surface area contributed by atoms with Gasteiger partial charge in [-0.2, -0.15) is 0 Å². The number of nitrogens with one attached hydrogen (secondary N) is 1. The molecule has 0 radical (unpaired) electrons. The van der Waals surface area contributed by atoms with Crippen LogP contribution in [0, 0.1) is 5.92 Å². The third-order valence-electron chi connectivity index (χ3n) is 4.67. The Balaban J connectivity index is 2.66. The van der Waals surface area contributed by atoms with E-state index in [1.54, 1.807) is 38.1 Å². The highest BCUT2D eigenvalue weighted by Crippen LogP contribution is 2.43. The Labute approximate surface area is 176 Å². The summed E-state index contributed by atoms with van der Waals surface area (Å²) in [4.78, 5) is 22.0. The number of anilines is 1. The average Bonchev–Trinajstić information content (AvgIpc) is 2.71. The summed E-state index contributed by atoms with van der Waals surface area (Å²) in [5.74, 6) is -1.14. The largest absolute Gasteiger partial charge is 0.466 e. The number of allylic oxidation sites excluding steroid dienone is 2. The number of ether oxygens (including phenoxy) is 2. The first-order chi connectivity index (χ1) is 14.2. The van der Waals surface area contributed by atoms with E-state index in [0.717, 1.165) is 0 Å². The SMILES string of the molecule is COON(O)c1ccccc1C1C(C(=O)OC)=C(C)NC(C)=C1C(O)OCC(C)C. The molecule has 2 atom stereocenters. The quantitative estimate of drug-likeness (QED) is 0.239. The van der Waals surface area contributed by atoms with Crippen molar-refractivity contribution in [3.8, 4) is 0 Å². The summed E-state index contributed by atoms with van der Waals surface area (Å²) in [5.41, 5.74) is 2.62. The van der Waals surface area contributed by atoms with Crippen molar-refractivity contribution in [2.75, 3.05) is 26.1 Å². The molecule has 0 amide bonds. The number of esters is 1. The van der Waals surface area contributed by atoms with E-state index in [0.29, 0.717) is 34.4 Å². The molecule has 9 nitrogen and oxygen atoms in total. The molecule has 1 aromatic carbocycles. The maximum absolute atomic E-state index is 12.7. The first kappa shape index (κ1) is 23.8. The minimum Gasteiger partial charge on any atom is -0.466 e. The Morgan fingerprint density at radius 1 is 1.20 bits per heavy atom. The Morgan fingerprint density at radius 3 is 2.47 bits per heavy atom. The normalized spacial score (nSPS) is 17.8. The Hall–Kier alpha value is -2.43. The van der Waals surface area contributed by atoms with Crippen LogP contribution in [0.2, 0.25) is 0 Å². The van der Waals surface area contributed by atoms with E-state index in [2.05, 4.69) is 10.2 Å². The molecule has 0 fully saturated rings. The molecule has 0 aromatic heterocycles. The summed E-state index contributed by atoms with van der Waals surface area (Å²) >= 11 is 0. The summed E-state index contributed by atoms with van der Waals surface area (Å²) in [7, 11) is 2.54. The third kappa shape index (κ3) is 5.18. The van der Waals surface area contributed by atoms with Crippen molar-refractivity contribution in [1.29, 1.82) is 0 Å². The van der Waals surface area contributed by atoms with E-state index >= 15 is 0 Å². The van der Waals surface area contributed by atoms with Gasteiger partial charge in [0.15, 0.2) is 6.29 Å². The predicted octanol–water partition coefficient (Wildman–Crippen LogP) is 2.77. The predicted molar refractivity (Wildman–Crippen MR) is 109 cm³/mol. The van der Waals surface area contributed by atoms with Crippen molar-refractivity contribution in [1.82, 2.24) is 5.32 Å². The number of carbonyl (C=O) groups is 1. The maximum atomic E-state index is 12.7. The molecule has 0 bridgehead atoms. The third-order valence-corrected chi connectivity index (χ3v) is 4.67. The highest BCUT2D eigenvalue weighted by molar-refractivity contribution is 5.93. The topological polar surface area (TPSA) is 110 Å². The standard InChI is InChI=1S/C21H30N2O7/c1-12(2)11-29-21(25)18-14(4)22-13(3)17(20(24)27-5)19(18)15-9-7-8-10-16(15)23(26)30-28-6/h7-10,12,19,21-22,25-26H,11H2,1-6H3. The number of rotatable bonds is 9. The molecular weight excluding hydrogens is 392 g/mol. The second kappa shape index (κ2) is 10.6. The molecule has 166 valence electrons. The molecule has 3 N–H and O–H groups in total. The minimum atomic E-state index is -1.29. The van der Waals surface area contributed by atoms with Gasteiger partial charge in [-0.1, -0.05) is 42.3 Å². The van der Waals surface area contributed by atoms with Crippen molar-refractivity contribution in [3.63, 3.8) is 0 Å². The molecule has 1 aliphatic rings. The number of nitrogens with zero attached hydrogens (tertiary/aromatic N) is 1. The van der Waals surface area contributed by atoms with E-state index in [-0.39, 0.29) is 17.2 Å². The monoisotopic (exact) mass is 422 g/mol. The molecule has 0 saturated carbocycles. The zero-order valence-corrected chi connectivity index (χ0v) is 18.1. The van der Waals surface area contributed by atoms with Gasteiger partial charge in [0.05, 0.1) is 26.4 Å². The van der Waals surface area contributed by atoms with Crippen LogP contribution in [0.5, 0.6) is 0 Å². The Kier molecular flexibility index (Phi) is 8.39. The number of benzene rings is 1. The number of aliphatic hydroxyl groups excluding tert-OH is 1. The smallest absolute Gasteiger partial charge is 0.336 e. The van der Waals surface area contributed by atoms with Crippen LogP contribution in [0.4, 0.5) is 5.69 Å². The van der Waals surface area contributed by atoms with Crippen LogP contribution < -0.4 is 10.5 Å². The highest BCUT2D eigenvalue weighted by atomic mass is 17.3. The molecule has 0 saturated heterocycles. The average molecular weight is 422 g/mol. The minimum absolute atomic E-state index is 0.197. The van der Waals surface area contributed by atoms with Gasteiger partial charge in [0.2, 0.25) is 0 Å². The summed E-state index contributed by atoms with van der Waals surface area (Å²) in [6.07, 6.45) is -1.29. The van der Waals surface area contributed by atoms with Crippen LogP contribution in [0.1, 0.15) is 39.2 Å². The van der Waals surface area contributed by atoms with Crippen molar-refractivity contribution < 1.29 is 34.5 Å². The van der Waals surface area contributed by atoms with Gasteiger partial charge in [0.25, 0.3) is 0 Å². The van der Waals surface area contributed by atoms with E-state index in [1.807, 2.05) is 13.8 Å². The van der Waals surface area contributed by atoms with Gasteiger partial charge in [0, 0.05) is 22.9 Å². The van der Waals surface area contributed by atoms with Gasteiger partial charge in [-0.15, -0.1) is 0 Å². The Morgan fingerprint density at radius 2 is 1.87 bits per heavy atom. The zero-order chi connectivity index (χ0) is 22.4. The molecule has 0 aliphatic carbocycles. The summed E-state index contributed by atoms with van der Waals surface area (Å²) in [6.45, 7) is 7.78. The van der Waals surface area contributed by atoms with Crippen LogP contribution in [0.25, 0.3) is 0 Å². The maximum Gasteiger partial charge on any atom is 0.336 e. The molecule has 2 rings (SSSR count). The van der Waals surface area contributed by atoms with E-state index in [9.17, 15) is 15.1 Å². The fraction of sp³-hybridized carbons (Fsp3) is 0.476.